The van der Waals surface area contributed by atoms with Crippen molar-refractivity contribution in [2.24, 2.45) is 0 Å². The summed E-state index contributed by atoms with van der Waals surface area (Å²) in [5.74, 6) is 0.103. The maximum absolute atomic E-state index is 13.0. The fourth-order valence-corrected chi connectivity index (χ4v) is 3.33. The van der Waals surface area contributed by atoms with Crippen molar-refractivity contribution in [3.63, 3.8) is 0 Å². The third-order valence-corrected chi connectivity index (χ3v) is 4.99. The first-order valence-corrected chi connectivity index (χ1v) is 9.80. The van der Waals surface area contributed by atoms with Crippen molar-refractivity contribution in [2.45, 2.75) is 5.75 Å². The number of carbonyl (C=O) groups is 1. The van der Waals surface area contributed by atoms with E-state index >= 15 is 0 Å². The molecule has 2 aromatic carbocycles. The van der Waals surface area contributed by atoms with Crippen LogP contribution in [0.2, 0.25) is 5.02 Å². The Morgan fingerprint density at radius 2 is 1.92 bits per heavy atom. The third-order valence-electron chi connectivity index (χ3n) is 2.92. The zero-order valence-corrected chi connectivity index (χ0v) is 16.8. The molecule has 4 nitrogen and oxygen atoms in total. The molecule has 0 spiro atoms. The molecule has 3 N–H and O–H groups in total. The van der Waals surface area contributed by atoms with Gasteiger partial charge in [-0.2, -0.15) is 0 Å². The van der Waals surface area contributed by atoms with E-state index in [2.05, 4.69) is 32.1 Å². The average Bonchev–Trinajstić information content (AvgIpc) is 2.57. The molecule has 132 valence electrons. The molecule has 0 aliphatic rings. The standard InChI is InChI=1S/C16H14BrClFN3OS2/c17-11-2-5-13(6-3-11)20-16(24)22-21-15(23)9-25-8-10-1-4-12(19)7-14(10)18/h1-7H,8-9H2,(H,21,23)(H2,20,22,24). The lowest BCUT2D eigenvalue weighted by Crippen LogP contribution is -2.44. The highest BCUT2D eigenvalue weighted by molar-refractivity contribution is 9.10. The van der Waals surface area contributed by atoms with Gasteiger partial charge in [-0.15, -0.1) is 11.8 Å². The number of hydrazine groups is 1. The van der Waals surface area contributed by atoms with Gasteiger partial charge in [0, 0.05) is 20.9 Å². The van der Waals surface area contributed by atoms with Crippen LogP contribution in [0.5, 0.6) is 0 Å². The maximum atomic E-state index is 13.0. The summed E-state index contributed by atoms with van der Waals surface area (Å²) in [5, 5.41) is 3.58. The minimum absolute atomic E-state index is 0.210. The SMILES string of the molecule is O=C(CSCc1ccc(F)cc1Cl)NNC(=S)Nc1ccc(Br)cc1. The molecule has 0 fully saturated rings. The molecule has 0 aliphatic carbocycles. The average molecular weight is 463 g/mol. The van der Waals surface area contributed by atoms with Crippen molar-refractivity contribution in [2.75, 3.05) is 11.1 Å². The van der Waals surface area contributed by atoms with E-state index in [0.29, 0.717) is 10.8 Å². The van der Waals surface area contributed by atoms with Crippen molar-refractivity contribution in [1.82, 2.24) is 10.9 Å². The van der Waals surface area contributed by atoms with Gasteiger partial charge in [-0.25, -0.2) is 4.39 Å². The van der Waals surface area contributed by atoms with Gasteiger partial charge in [0.25, 0.3) is 0 Å². The highest BCUT2D eigenvalue weighted by Crippen LogP contribution is 2.22. The second kappa shape index (κ2) is 9.96. The lowest BCUT2D eigenvalue weighted by molar-refractivity contribution is -0.119. The molecule has 0 aliphatic heterocycles. The molecule has 0 radical (unpaired) electrons. The molecule has 2 rings (SSSR count). The Labute approximate surface area is 168 Å². The topological polar surface area (TPSA) is 53.2 Å². The zero-order valence-electron chi connectivity index (χ0n) is 12.8. The number of nitrogens with one attached hydrogen (secondary N) is 3. The summed E-state index contributed by atoms with van der Waals surface area (Å²) in [5.41, 5.74) is 6.72. The van der Waals surface area contributed by atoms with E-state index in [1.165, 1.54) is 23.9 Å². The Bertz CT molecular complexity index is 762. The molecule has 0 bridgehead atoms. The Hall–Kier alpha value is -1.35. The second-order valence-corrected chi connectivity index (χ2v) is 7.58. The van der Waals surface area contributed by atoms with E-state index in [1.54, 1.807) is 6.07 Å². The number of anilines is 1. The molecule has 0 atom stereocenters. The molecule has 9 heteroatoms. The summed E-state index contributed by atoms with van der Waals surface area (Å²) in [6, 6.07) is 11.7. The van der Waals surface area contributed by atoms with Crippen LogP contribution in [0.1, 0.15) is 5.56 Å². The molecule has 25 heavy (non-hydrogen) atoms. The van der Waals surface area contributed by atoms with Gasteiger partial charge in [-0.05, 0) is 54.2 Å². The number of thioether (sulfide) groups is 1. The van der Waals surface area contributed by atoms with Crippen molar-refractivity contribution in [3.8, 4) is 0 Å². The molecule has 2 aromatic rings. The number of carbonyl (C=O) groups excluding carboxylic acids is 1. The van der Waals surface area contributed by atoms with Gasteiger partial charge in [0.15, 0.2) is 5.11 Å². The number of amides is 1. The smallest absolute Gasteiger partial charge is 0.248 e. The molecular formula is C16H14BrClFN3OS2. The quantitative estimate of drug-likeness (QED) is 0.451. The first-order valence-electron chi connectivity index (χ1n) is 7.07. The largest absolute Gasteiger partial charge is 0.331 e. The van der Waals surface area contributed by atoms with Crippen molar-refractivity contribution >= 4 is 68.2 Å². The highest BCUT2D eigenvalue weighted by atomic mass is 79.9. The predicted molar refractivity (Wildman–Crippen MR) is 109 cm³/mol. The van der Waals surface area contributed by atoms with E-state index in [1.807, 2.05) is 24.3 Å². The molecule has 0 aromatic heterocycles. The Morgan fingerprint density at radius 1 is 1.20 bits per heavy atom. The van der Waals surface area contributed by atoms with Gasteiger partial charge in [0.1, 0.15) is 5.82 Å². The van der Waals surface area contributed by atoms with Gasteiger partial charge in [0.2, 0.25) is 5.91 Å². The minimum atomic E-state index is -0.382. The van der Waals surface area contributed by atoms with Crippen molar-refractivity contribution in [1.29, 1.82) is 0 Å². The molecule has 0 saturated carbocycles. The number of benzene rings is 2. The lowest BCUT2D eigenvalue weighted by atomic mass is 10.2. The van der Waals surface area contributed by atoms with Crippen LogP contribution in [-0.4, -0.2) is 16.8 Å². The van der Waals surface area contributed by atoms with Gasteiger partial charge in [-0.1, -0.05) is 33.6 Å². The molecular weight excluding hydrogens is 449 g/mol. The molecule has 0 saturated heterocycles. The zero-order chi connectivity index (χ0) is 18.2. The normalized spacial score (nSPS) is 10.2. The number of hydrogen-bond donors (Lipinski definition) is 3. The van der Waals surface area contributed by atoms with Crippen LogP contribution in [0.25, 0.3) is 0 Å². The summed E-state index contributed by atoms with van der Waals surface area (Å²) in [4.78, 5) is 11.8. The number of hydrogen-bond acceptors (Lipinski definition) is 3. The summed E-state index contributed by atoms with van der Waals surface area (Å²) < 4.78 is 13.9. The van der Waals surface area contributed by atoms with Crippen LogP contribution < -0.4 is 16.2 Å². The summed E-state index contributed by atoms with van der Waals surface area (Å²) >= 11 is 15.7. The van der Waals surface area contributed by atoms with Crippen LogP contribution in [0, 0.1) is 5.82 Å². The van der Waals surface area contributed by atoms with Gasteiger partial charge in [-0.3, -0.25) is 15.6 Å². The van der Waals surface area contributed by atoms with E-state index < -0.39 is 0 Å². The fraction of sp³-hybridized carbons (Fsp3) is 0.125. The summed E-state index contributed by atoms with van der Waals surface area (Å²) in [6.07, 6.45) is 0. The van der Waals surface area contributed by atoms with Crippen LogP contribution in [0.4, 0.5) is 10.1 Å². The third kappa shape index (κ3) is 7.19. The van der Waals surface area contributed by atoms with E-state index in [-0.39, 0.29) is 22.6 Å². The Kier molecular flexibility index (Phi) is 7.95. The number of halogens is 3. The number of rotatable bonds is 5. The molecule has 0 unspecified atom stereocenters. The monoisotopic (exact) mass is 461 g/mol. The van der Waals surface area contributed by atoms with E-state index in [4.69, 9.17) is 23.8 Å². The molecule has 1 amide bonds. The number of thiocarbonyl (C=S) groups is 1. The highest BCUT2D eigenvalue weighted by Gasteiger charge is 2.06. The second-order valence-electron chi connectivity index (χ2n) is 4.86. The fourth-order valence-electron chi connectivity index (χ4n) is 1.75. The summed E-state index contributed by atoms with van der Waals surface area (Å²) in [6.45, 7) is 0. The Morgan fingerprint density at radius 3 is 2.60 bits per heavy atom. The minimum Gasteiger partial charge on any atom is -0.331 e. The first kappa shape index (κ1) is 20.0. The van der Waals surface area contributed by atoms with Gasteiger partial charge >= 0.3 is 0 Å². The van der Waals surface area contributed by atoms with Gasteiger partial charge in [0.05, 0.1) is 5.75 Å². The van der Waals surface area contributed by atoms with Crippen LogP contribution in [0.3, 0.4) is 0 Å². The maximum Gasteiger partial charge on any atom is 0.248 e. The summed E-state index contributed by atoms with van der Waals surface area (Å²) in [7, 11) is 0. The van der Waals surface area contributed by atoms with Crippen molar-refractivity contribution < 1.29 is 9.18 Å². The Balaban J connectivity index is 1.68. The van der Waals surface area contributed by atoms with E-state index in [9.17, 15) is 9.18 Å². The van der Waals surface area contributed by atoms with Gasteiger partial charge < -0.3 is 5.32 Å². The molecule has 0 heterocycles. The van der Waals surface area contributed by atoms with Crippen molar-refractivity contribution in [3.05, 3.63) is 63.3 Å². The van der Waals surface area contributed by atoms with Crippen LogP contribution in [0.15, 0.2) is 46.9 Å². The predicted octanol–water partition coefficient (Wildman–Crippen LogP) is 4.49. The lowest BCUT2D eigenvalue weighted by Gasteiger charge is -2.11. The van der Waals surface area contributed by atoms with Crippen LogP contribution in [-0.2, 0) is 10.5 Å². The van der Waals surface area contributed by atoms with E-state index in [0.717, 1.165) is 15.7 Å². The first-order chi connectivity index (χ1) is 11.9. The van der Waals surface area contributed by atoms with Crippen LogP contribution >= 0.6 is 51.5 Å².